The average Bonchev–Trinajstić information content (AvgIpc) is 2.94. The Kier molecular flexibility index (Phi) is 2.51. The van der Waals surface area contributed by atoms with E-state index in [2.05, 4.69) is 5.10 Å². The van der Waals surface area contributed by atoms with Gasteiger partial charge in [-0.2, -0.15) is 5.10 Å². The molecular formula is C13H13FN4. The molecule has 92 valence electrons. The molecule has 2 aromatic heterocycles. The highest BCUT2D eigenvalue weighted by Gasteiger charge is 2.06. The highest BCUT2D eigenvalue weighted by atomic mass is 19.1. The molecule has 0 unspecified atom stereocenters. The van der Waals surface area contributed by atoms with Crippen LogP contribution in [0.5, 0.6) is 0 Å². The van der Waals surface area contributed by atoms with Crippen LogP contribution < -0.4 is 5.73 Å². The standard InChI is InChI=1S/C13H13FN4/c14-12-3-1-2-10-4-5-17(13(10)12)6-7-18-9-11(15)8-16-18/h1-5,8-9H,6-7,15H2. The van der Waals surface area contributed by atoms with Gasteiger partial charge in [-0.25, -0.2) is 4.39 Å². The Bertz CT molecular complexity index is 683. The van der Waals surface area contributed by atoms with Gasteiger partial charge in [-0.15, -0.1) is 0 Å². The van der Waals surface area contributed by atoms with Gasteiger partial charge in [-0.05, 0) is 12.1 Å². The molecule has 0 saturated heterocycles. The molecule has 0 amide bonds. The molecule has 0 radical (unpaired) electrons. The second-order valence-electron chi connectivity index (χ2n) is 4.22. The Morgan fingerprint density at radius 3 is 2.89 bits per heavy atom. The van der Waals surface area contributed by atoms with Crippen molar-refractivity contribution in [3.8, 4) is 0 Å². The first kappa shape index (κ1) is 10.8. The largest absolute Gasteiger partial charge is 0.396 e. The number of para-hydroxylation sites is 1. The van der Waals surface area contributed by atoms with Gasteiger partial charge in [-0.1, -0.05) is 12.1 Å². The fraction of sp³-hybridized carbons (Fsp3) is 0.154. The van der Waals surface area contributed by atoms with Crippen molar-refractivity contribution in [1.29, 1.82) is 0 Å². The zero-order chi connectivity index (χ0) is 12.5. The summed E-state index contributed by atoms with van der Waals surface area (Å²) in [5, 5.41) is 5.01. The Balaban J connectivity index is 1.87. The third-order valence-corrected chi connectivity index (χ3v) is 2.96. The molecule has 4 nitrogen and oxygen atoms in total. The molecule has 2 N–H and O–H groups in total. The Hall–Kier alpha value is -2.30. The molecule has 0 saturated carbocycles. The van der Waals surface area contributed by atoms with Crippen LogP contribution in [0.3, 0.4) is 0 Å². The summed E-state index contributed by atoms with van der Waals surface area (Å²) in [6, 6.07) is 7.01. The zero-order valence-corrected chi connectivity index (χ0v) is 9.75. The lowest BCUT2D eigenvalue weighted by Crippen LogP contribution is -2.07. The van der Waals surface area contributed by atoms with Crippen molar-refractivity contribution in [2.45, 2.75) is 13.1 Å². The number of nitrogen functional groups attached to an aromatic ring is 1. The third kappa shape index (κ3) is 1.84. The molecule has 3 rings (SSSR count). The SMILES string of the molecule is Nc1cnn(CCn2ccc3cccc(F)c32)c1. The molecule has 0 aliphatic rings. The summed E-state index contributed by atoms with van der Waals surface area (Å²) in [7, 11) is 0. The second kappa shape index (κ2) is 4.18. The highest BCUT2D eigenvalue weighted by molar-refractivity contribution is 5.80. The molecule has 3 aromatic rings. The van der Waals surface area contributed by atoms with Gasteiger partial charge in [0.2, 0.25) is 0 Å². The minimum Gasteiger partial charge on any atom is -0.396 e. The smallest absolute Gasteiger partial charge is 0.147 e. The molecule has 0 bridgehead atoms. The zero-order valence-electron chi connectivity index (χ0n) is 9.75. The quantitative estimate of drug-likeness (QED) is 0.768. The molecular weight excluding hydrogens is 231 g/mol. The number of nitrogens with two attached hydrogens (primary N) is 1. The van der Waals surface area contributed by atoms with Crippen LogP contribution >= 0.6 is 0 Å². The number of anilines is 1. The van der Waals surface area contributed by atoms with E-state index in [-0.39, 0.29) is 5.82 Å². The lowest BCUT2D eigenvalue weighted by atomic mass is 10.2. The number of benzene rings is 1. The fourth-order valence-corrected chi connectivity index (χ4v) is 2.11. The Labute approximate surface area is 103 Å². The van der Waals surface area contributed by atoms with Crippen molar-refractivity contribution < 1.29 is 4.39 Å². The molecule has 0 aliphatic carbocycles. The molecule has 5 heteroatoms. The van der Waals surface area contributed by atoms with E-state index in [1.165, 1.54) is 6.07 Å². The average molecular weight is 244 g/mol. The van der Waals surface area contributed by atoms with Gasteiger partial charge in [0.15, 0.2) is 0 Å². The molecule has 1 aromatic carbocycles. The summed E-state index contributed by atoms with van der Waals surface area (Å²) in [6.45, 7) is 1.32. The monoisotopic (exact) mass is 244 g/mol. The van der Waals surface area contributed by atoms with E-state index >= 15 is 0 Å². The molecule has 0 spiro atoms. The van der Waals surface area contributed by atoms with Gasteiger partial charge in [0.1, 0.15) is 5.82 Å². The normalized spacial score (nSPS) is 11.2. The van der Waals surface area contributed by atoms with Crippen LogP contribution in [0.15, 0.2) is 42.9 Å². The number of nitrogens with zero attached hydrogens (tertiary/aromatic N) is 3. The third-order valence-electron chi connectivity index (χ3n) is 2.96. The summed E-state index contributed by atoms with van der Waals surface area (Å²) < 4.78 is 17.4. The lowest BCUT2D eigenvalue weighted by molar-refractivity contribution is 0.536. The maximum Gasteiger partial charge on any atom is 0.147 e. The number of rotatable bonds is 3. The van der Waals surface area contributed by atoms with Gasteiger partial charge < -0.3 is 10.3 Å². The number of fused-ring (bicyclic) bond motifs is 1. The van der Waals surface area contributed by atoms with Crippen LogP contribution in [-0.2, 0) is 13.1 Å². The van der Waals surface area contributed by atoms with E-state index in [1.54, 1.807) is 23.1 Å². The first-order valence-corrected chi connectivity index (χ1v) is 5.75. The van der Waals surface area contributed by atoms with Gasteiger partial charge >= 0.3 is 0 Å². The van der Waals surface area contributed by atoms with Crippen LogP contribution in [0.4, 0.5) is 10.1 Å². The Morgan fingerprint density at radius 2 is 2.11 bits per heavy atom. The summed E-state index contributed by atoms with van der Waals surface area (Å²) in [5.74, 6) is -0.197. The number of halogens is 1. The van der Waals surface area contributed by atoms with Crippen LogP contribution in [0, 0.1) is 5.82 Å². The van der Waals surface area contributed by atoms with Gasteiger partial charge in [0.25, 0.3) is 0 Å². The number of aryl methyl sites for hydroxylation is 2. The van der Waals surface area contributed by atoms with E-state index in [1.807, 2.05) is 22.9 Å². The predicted octanol–water partition coefficient (Wildman–Crippen LogP) is 2.26. The first-order valence-electron chi connectivity index (χ1n) is 5.75. The van der Waals surface area contributed by atoms with Crippen molar-refractivity contribution in [3.05, 3.63) is 48.7 Å². The van der Waals surface area contributed by atoms with Crippen LogP contribution in [0.1, 0.15) is 0 Å². The molecule has 0 atom stereocenters. The van der Waals surface area contributed by atoms with Gasteiger partial charge in [-0.3, -0.25) is 4.68 Å². The molecule has 2 heterocycles. The molecule has 0 aliphatic heterocycles. The summed E-state index contributed by atoms with van der Waals surface area (Å²) >= 11 is 0. The maximum atomic E-state index is 13.7. The first-order chi connectivity index (χ1) is 8.74. The van der Waals surface area contributed by atoms with Crippen molar-refractivity contribution in [3.63, 3.8) is 0 Å². The van der Waals surface area contributed by atoms with Crippen molar-refractivity contribution in [2.24, 2.45) is 0 Å². The van der Waals surface area contributed by atoms with Crippen LogP contribution in [-0.4, -0.2) is 14.3 Å². The summed E-state index contributed by atoms with van der Waals surface area (Å²) in [4.78, 5) is 0. The second-order valence-corrected chi connectivity index (χ2v) is 4.22. The summed E-state index contributed by atoms with van der Waals surface area (Å²) in [6.07, 6.45) is 5.26. The molecule has 18 heavy (non-hydrogen) atoms. The number of hydrogen-bond donors (Lipinski definition) is 1. The lowest BCUT2D eigenvalue weighted by Gasteiger charge is -2.06. The van der Waals surface area contributed by atoms with Crippen molar-refractivity contribution in [2.75, 3.05) is 5.73 Å². The van der Waals surface area contributed by atoms with E-state index in [0.717, 1.165) is 5.39 Å². The van der Waals surface area contributed by atoms with Crippen molar-refractivity contribution >= 4 is 16.6 Å². The number of hydrogen-bond acceptors (Lipinski definition) is 2. The van der Waals surface area contributed by atoms with E-state index in [0.29, 0.717) is 24.3 Å². The van der Waals surface area contributed by atoms with E-state index in [4.69, 9.17) is 5.73 Å². The van der Waals surface area contributed by atoms with E-state index < -0.39 is 0 Å². The van der Waals surface area contributed by atoms with Crippen molar-refractivity contribution in [1.82, 2.24) is 14.3 Å². The Morgan fingerprint density at radius 1 is 1.22 bits per heavy atom. The minimum absolute atomic E-state index is 0.197. The minimum atomic E-state index is -0.197. The summed E-state index contributed by atoms with van der Waals surface area (Å²) in [5.41, 5.74) is 6.87. The van der Waals surface area contributed by atoms with E-state index in [9.17, 15) is 4.39 Å². The van der Waals surface area contributed by atoms with Crippen LogP contribution in [0.2, 0.25) is 0 Å². The van der Waals surface area contributed by atoms with Crippen LogP contribution in [0.25, 0.3) is 10.9 Å². The predicted molar refractivity (Wildman–Crippen MR) is 68.5 cm³/mol. The van der Waals surface area contributed by atoms with Gasteiger partial charge in [0, 0.05) is 24.3 Å². The number of aromatic nitrogens is 3. The van der Waals surface area contributed by atoms with Gasteiger partial charge in [0.05, 0.1) is 23.9 Å². The fourth-order valence-electron chi connectivity index (χ4n) is 2.11. The molecule has 0 fully saturated rings. The maximum absolute atomic E-state index is 13.7. The topological polar surface area (TPSA) is 48.8 Å². The highest BCUT2D eigenvalue weighted by Crippen LogP contribution is 2.19.